The van der Waals surface area contributed by atoms with Crippen molar-refractivity contribution in [3.05, 3.63) is 0 Å². The van der Waals surface area contributed by atoms with Crippen LogP contribution in [-0.4, -0.2) is 33.3 Å². The lowest BCUT2D eigenvalue weighted by Crippen LogP contribution is -2.47. The first kappa shape index (κ1) is 16.2. The van der Waals surface area contributed by atoms with Gasteiger partial charge in [-0.1, -0.05) is 20.8 Å². The summed E-state index contributed by atoms with van der Waals surface area (Å²) >= 11 is 0. The van der Waals surface area contributed by atoms with Gasteiger partial charge in [0, 0.05) is 12.6 Å². The molecule has 0 aromatic carbocycles. The number of halogens is 1. The SMILES string of the molecule is CC(C)(C)CS(=O)(=O)NC1CCCNC1.Cl. The Balaban J connectivity index is 0.00000225. The Morgan fingerprint density at radius 1 is 1.38 bits per heavy atom. The molecule has 2 N–H and O–H groups in total. The molecule has 0 aliphatic carbocycles. The van der Waals surface area contributed by atoms with Crippen LogP contribution in [0.15, 0.2) is 0 Å². The normalized spacial score (nSPS) is 22.6. The van der Waals surface area contributed by atoms with Crippen LogP contribution in [0.3, 0.4) is 0 Å². The van der Waals surface area contributed by atoms with Gasteiger partial charge in [-0.2, -0.15) is 0 Å². The van der Waals surface area contributed by atoms with Crippen molar-refractivity contribution in [1.29, 1.82) is 0 Å². The molecule has 0 spiro atoms. The third-order valence-corrected chi connectivity index (χ3v) is 4.20. The van der Waals surface area contributed by atoms with E-state index < -0.39 is 10.0 Å². The lowest BCUT2D eigenvalue weighted by molar-refractivity contribution is 0.417. The molecule has 1 rings (SSSR count). The predicted octanol–water partition coefficient (Wildman–Crippen LogP) is 1.13. The highest BCUT2D eigenvalue weighted by molar-refractivity contribution is 7.89. The summed E-state index contributed by atoms with van der Waals surface area (Å²) in [6, 6.07) is 0.0751. The van der Waals surface area contributed by atoms with Gasteiger partial charge in [0.15, 0.2) is 0 Å². The fraction of sp³-hybridized carbons (Fsp3) is 1.00. The monoisotopic (exact) mass is 270 g/mol. The Bertz CT molecular complexity index is 292. The summed E-state index contributed by atoms with van der Waals surface area (Å²) in [4.78, 5) is 0. The summed E-state index contributed by atoms with van der Waals surface area (Å²) in [5, 5.41) is 3.19. The average Bonchev–Trinajstić information content (AvgIpc) is 1.99. The highest BCUT2D eigenvalue weighted by Crippen LogP contribution is 2.16. The zero-order valence-electron chi connectivity index (χ0n) is 10.2. The van der Waals surface area contributed by atoms with E-state index in [9.17, 15) is 8.42 Å². The Kier molecular flexibility index (Phi) is 6.25. The first-order chi connectivity index (χ1) is 6.79. The number of rotatable bonds is 3. The van der Waals surface area contributed by atoms with Crippen LogP contribution in [0.25, 0.3) is 0 Å². The van der Waals surface area contributed by atoms with Gasteiger partial charge < -0.3 is 5.32 Å². The van der Waals surface area contributed by atoms with Crippen LogP contribution >= 0.6 is 12.4 Å². The van der Waals surface area contributed by atoms with Crippen molar-refractivity contribution in [3.8, 4) is 0 Å². The van der Waals surface area contributed by atoms with E-state index in [1.165, 1.54) is 0 Å². The smallest absolute Gasteiger partial charge is 0.212 e. The first-order valence-electron chi connectivity index (χ1n) is 5.49. The van der Waals surface area contributed by atoms with Crippen molar-refractivity contribution in [2.24, 2.45) is 5.41 Å². The number of nitrogens with one attached hydrogen (secondary N) is 2. The molecule has 0 bridgehead atoms. The third kappa shape index (κ3) is 6.68. The Hall–Kier alpha value is 0.160. The molecule has 1 saturated heterocycles. The van der Waals surface area contributed by atoms with E-state index >= 15 is 0 Å². The van der Waals surface area contributed by atoms with E-state index in [0.29, 0.717) is 0 Å². The second-order valence-corrected chi connectivity index (χ2v) is 7.23. The number of hydrogen-bond donors (Lipinski definition) is 2. The molecular formula is C10H23ClN2O2S. The average molecular weight is 271 g/mol. The molecule has 0 saturated carbocycles. The van der Waals surface area contributed by atoms with Crippen LogP contribution in [0.4, 0.5) is 0 Å². The largest absolute Gasteiger partial charge is 0.315 e. The van der Waals surface area contributed by atoms with Gasteiger partial charge in [-0.15, -0.1) is 12.4 Å². The van der Waals surface area contributed by atoms with Gasteiger partial charge in [0.2, 0.25) is 10.0 Å². The van der Waals surface area contributed by atoms with E-state index in [-0.39, 0.29) is 29.6 Å². The molecule has 1 aliphatic heterocycles. The highest BCUT2D eigenvalue weighted by atomic mass is 35.5. The zero-order chi connectivity index (χ0) is 11.5. The molecule has 0 amide bonds. The first-order valence-corrected chi connectivity index (χ1v) is 7.14. The Labute approximate surface area is 105 Å². The van der Waals surface area contributed by atoms with Crippen LogP contribution < -0.4 is 10.0 Å². The molecule has 1 heterocycles. The minimum Gasteiger partial charge on any atom is -0.315 e. The van der Waals surface area contributed by atoms with Gasteiger partial charge in [-0.25, -0.2) is 13.1 Å². The molecule has 6 heteroatoms. The third-order valence-electron chi connectivity index (χ3n) is 2.27. The van der Waals surface area contributed by atoms with Gasteiger partial charge in [0.25, 0.3) is 0 Å². The zero-order valence-corrected chi connectivity index (χ0v) is 11.9. The molecule has 0 radical (unpaired) electrons. The summed E-state index contributed by atoms with van der Waals surface area (Å²) in [6.45, 7) is 7.56. The quantitative estimate of drug-likeness (QED) is 0.808. The standard InChI is InChI=1S/C10H22N2O2S.ClH/c1-10(2,3)8-15(13,14)12-9-5-4-6-11-7-9;/h9,11-12H,4-8H2,1-3H3;1H. The highest BCUT2D eigenvalue weighted by Gasteiger charge is 2.25. The lowest BCUT2D eigenvalue weighted by Gasteiger charge is -2.26. The molecule has 1 atom stereocenters. The van der Waals surface area contributed by atoms with Gasteiger partial charge in [-0.3, -0.25) is 0 Å². The number of piperidine rings is 1. The Morgan fingerprint density at radius 3 is 2.44 bits per heavy atom. The van der Waals surface area contributed by atoms with Gasteiger partial charge >= 0.3 is 0 Å². The van der Waals surface area contributed by atoms with Crippen LogP contribution in [0.1, 0.15) is 33.6 Å². The molecule has 4 nitrogen and oxygen atoms in total. The molecule has 0 aromatic heterocycles. The maximum atomic E-state index is 11.8. The maximum absolute atomic E-state index is 11.8. The molecule has 16 heavy (non-hydrogen) atoms. The molecule has 1 aliphatic rings. The summed E-state index contributed by atoms with van der Waals surface area (Å²) < 4.78 is 26.3. The van der Waals surface area contributed by atoms with E-state index in [1.807, 2.05) is 20.8 Å². The maximum Gasteiger partial charge on any atom is 0.212 e. The Morgan fingerprint density at radius 2 is 2.00 bits per heavy atom. The van der Waals surface area contributed by atoms with Crippen molar-refractivity contribution in [2.45, 2.75) is 39.7 Å². The molecular weight excluding hydrogens is 248 g/mol. The second kappa shape index (κ2) is 6.19. The van der Waals surface area contributed by atoms with E-state index in [0.717, 1.165) is 25.9 Å². The molecule has 1 unspecified atom stereocenters. The van der Waals surface area contributed by atoms with Crippen LogP contribution in [-0.2, 0) is 10.0 Å². The lowest BCUT2D eigenvalue weighted by atomic mass is 10.0. The summed E-state index contributed by atoms with van der Waals surface area (Å²) in [6.07, 6.45) is 1.99. The van der Waals surface area contributed by atoms with Crippen molar-refractivity contribution < 1.29 is 8.42 Å². The summed E-state index contributed by atoms with van der Waals surface area (Å²) in [7, 11) is -3.13. The summed E-state index contributed by atoms with van der Waals surface area (Å²) in [5.41, 5.74) is -0.187. The van der Waals surface area contributed by atoms with Crippen molar-refractivity contribution >= 4 is 22.4 Å². The molecule has 1 fully saturated rings. The fourth-order valence-corrected chi connectivity index (χ4v) is 3.75. The second-order valence-electron chi connectivity index (χ2n) is 5.48. The number of sulfonamides is 1. The van der Waals surface area contributed by atoms with Crippen LogP contribution in [0.5, 0.6) is 0 Å². The van der Waals surface area contributed by atoms with Gasteiger partial charge in [0.05, 0.1) is 5.75 Å². The van der Waals surface area contributed by atoms with E-state index in [4.69, 9.17) is 0 Å². The van der Waals surface area contributed by atoms with E-state index in [1.54, 1.807) is 0 Å². The van der Waals surface area contributed by atoms with Gasteiger partial charge in [0.1, 0.15) is 0 Å². The predicted molar refractivity (Wildman–Crippen MR) is 69.5 cm³/mol. The molecule has 98 valence electrons. The topological polar surface area (TPSA) is 58.2 Å². The fourth-order valence-electron chi connectivity index (χ4n) is 1.82. The van der Waals surface area contributed by atoms with Gasteiger partial charge in [-0.05, 0) is 24.8 Å². The minimum absolute atomic E-state index is 0. The molecule has 0 aromatic rings. The minimum atomic E-state index is -3.13. The van der Waals surface area contributed by atoms with E-state index in [2.05, 4.69) is 10.0 Å². The summed E-state index contributed by atoms with van der Waals surface area (Å²) in [5.74, 6) is 0.191. The van der Waals surface area contributed by atoms with Crippen molar-refractivity contribution in [3.63, 3.8) is 0 Å². The van der Waals surface area contributed by atoms with Crippen LogP contribution in [0.2, 0.25) is 0 Å². The van der Waals surface area contributed by atoms with Crippen molar-refractivity contribution in [2.75, 3.05) is 18.8 Å². The van der Waals surface area contributed by atoms with Crippen molar-refractivity contribution in [1.82, 2.24) is 10.0 Å². The van der Waals surface area contributed by atoms with Crippen LogP contribution in [0, 0.1) is 5.41 Å². The number of hydrogen-bond acceptors (Lipinski definition) is 3.